The van der Waals surface area contributed by atoms with E-state index < -0.39 is 36.0 Å². The molecule has 0 radical (unpaired) electrons. The predicted molar refractivity (Wildman–Crippen MR) is 112 cm³/mol. The SMILES string of the molecule is CCNC(=O)[C@H]1O[C@@H](n2cnc3c(N)nc(C#C[C@]4(O)CC5CCC4C5)nc32)[C@H](O)[C@@H]1O. The van der Waals surface area contributed by atoms with Gasteiger partial charge in [-0.2, -0.15) is 0 Å². The van der Waals surface area contributed by atoms with E-state index in [1.165, 1.54) is 10.9 Å². The molecule has 2 saturated carbocycles. The molecule has 5 rings (SSSR count). The summed E-state index contributed by atoms with van der Waals surface area (Å²) in [6.07, 6.45) is -0.0440. The van der Waals surface area contributed by atoms with Gasteiger partial charge < -0.3 is 31.1 Å². The summed E-state index contributed by atoms with van der Waals surface area (Å²) in [6.45, 7) is 2.10. The summed E-state index contributed by atoms with van der Waals surface area (Å²) in [6, 6.07) is 0. The van der Waals surface area contributed by atoms with Crippen LogP contribution in [0.25, 0.3) is 11.2 Å². The van der Waals surface area contributed by atoms with Crippen LogP contribution in [0.2, 0.25) is 0 Å². The van der Waals surface area contributed by atoms with E-state index >= 15 is 0 Å². The van der Waals surface area contributed by atoms with Gasteiger partial charge in [0.15, 0.2) is 23.8 Å². The second-order valence-corrected chi connectivity index (χ2v) is 8.83. The van der Waals surface area contributed by atoms with Crippen LogP contribution in [0.4, 0.5) is 5.82 Å². The molecule has 0 spiro atoms. The lowest BCUT2D eigenvalue weighted by molar-refractivity contribution is -0.137. The number of carbonyl (C=O) groups is 1. The van der Waals surface area contributed by atoms with Crippen molar-refractivity contribution in [1.29, 1.82) is 0 Å². The van der Waals surface area contributed by atoms with E-state index in [1.54, 1.807) is 6.92 Å². The molecule has 32 heavy (non-hydrogen) atoms. The van der Waals surface area contributed by atoms with Crippen LogP contribution >= 0.6 is 0 Å². The van der Waals surface area contributed by atoms with Crippen LogP contribution in [-0.4, -0.2) is 71.2 Å². The number of rotatable bonds is 3. The van der Waals surface area contributed by atoms with Crippen molar-refractivity contribution < 1.29 is 24.9 Å². The maximum Gasteiger partial charge on any atom is 0.252 e. The van der Waals surface area contributed by atoms with Gasteiger partial charge in [-0.3, -0.25) is 9.36 Å². The molecule has 1 aliphatic heterocycles. The largest absolute Gasteiger partial charge is 0.387 e. The fraction of sp³-hybridized carbons (Fsp3) is 0.619. The highest BCUT2D eigenvalue weighted by atomic mass is 16.6. The van der Waals surface area contributed by atoms with Crippen LogP contribution in [0, 0.1) is 23.7 Å². The fourth-order valence-corrected chi connectivity index (χ4v) is 5.18. The summed E-state index contributed by atoms with van der Waals surface area (Å²) in [5, 5.41) is 34.3. The van der Waals surface area contributed by atoms with E-state index in [-0.39, 0.29) is 28.7 Å². The van der Waals surface area contributed by atoms with Crippen molar-refractivity contribution in [2.24, 2.45) is 11.8 Å². The van der Waals surface area contributed by atoms with Crippen LogP contribution < -0.4 is 11.1 Å². The predicted octanol–water partition coefficient (Wildman–Crippen LogP) is -0.934. The van der Waals surface area contributed by atoms with Crippen LogP contribution in [0.5, 0.6) is 0 Å². The number of amides is 1. The summed E-state index contributed by atoms with van der Waals surface area (Å²) in [7, 11) is 0. The number of nitrogens with one attached hydrogen (secondary N) is 1. The molecule has 2 unspecified atom stereocenters. The zero-order valence-corrected chi connectivity index (χ0v) is 17.6. The number of fused-ring (bicyclic) bond motifs is 3. The van der Waals surface area contributed by atoms with Crippen molar-refractivity contribution in [2.45, 2.75) is 62.7 Å². The third kappa shape index (κ3) is 3.31. The van der Waals surface area contributed by atoms with Gasteiger partial charge in [0.25, 0.3) is 5.91 Å². The first-order chi connectivity index (χ1) is 15.3. The second kappa shape index (κ2) is 7.67. The summed E-state index contributed by atoms with van der Waals surface area (Å²) in [4.78, 5) is 25.0. The summed E-state index contributed by atoms with van der Waals surface area (Å²) in [5.74, 6) is 6.17. The molecule has 3 aliphatic rings. The monoisotopic (exact) mass is 442 g/mol. The topological polar surface area (TPSA) is 169 Å². The minimum absolute atomic E-state index is 0.0892. The Labute approximate surface area is 184 Å². The summed E-state index contributed by atoms with van der Waals surface area (Å²) < 4.78 is 7.06. The van der Waals surface area contributed by atoms with Crippen LogP contribution in [-0.2, 0) is 9.53 Å². The van der Waals surface area contributed by atoms with Gasteiger partial charge in [-0.1, -0.05) is 5.92 Å². The van der Waals surface area contributed by atoms with Gasteiger partial charge in [-0.25, -0.2) is 15.0 Å². The smallest absolute Gasteiger partial charge is 0.252 e. The number of hydrogen-bond acceptors (Lipinski definition) is 9. The number of likely N-dealkylation sites (N-methyl/N-ethyl adjacent to an activating group) is 1. The van der Waals surface area contributed by atoms with Gasteiger partial charge in [-0.15, -0.1) is 0 Å². The molecule has 2 aromatic rings. The number of imidazole rings is 1. The number of nitrogens with two attached hydrogens (primary N) is 1. The number of aliphatic hydroxyl groups excluding tert-OH is 2. The Bertz CT molecular complexity index is 1130. The Morgan fingerprint density at radius 3 is 2.88 bits per heavy atom. The molecule has 170 valence electrons. The number of nitrogens with zero attached hydrogens (tertiary/aromatic N) is 4. The van der Waals surface area contributed by atoms with E-state index in [0.717, 1.165) is 19.3 Å². The van der Waals surface area contributed by atoms with Gasteiger partial charge in [0.2, 0.25) is 5.82 Å². The molecular weight excluding hydrogens is 416 g/mol. The molecule has 2 aliphatic carbocycles. The average molecular weight is 442 g/mol. The molecule has 3 heterocycles. The maximum atomic E-state index is 12.2. The lowest BCUT2D eigenvalue weighted by atomic mass is 9.85. The zero-order chi connectivity index (χ0) is 22.6. The molecule has 1 amide bonds. The Kier molecular flexibility index (Phi) is 5.05. The molecule has 2 aromatic heterocycles. The van der Waals surface area contributed by atoms with E-state index in [0.29, 0.717) is 18.9 Å². The lowest BCUT2D eigenvalue weighted by Crippen LogP contribution is -2.42. The minimum atomic E-state index is -1.42. The van der Waals surface area contributed by atoms with Gasteiger partial charge >= 0.3 is 0 Å². The minimum Gasteiger partial charge on any atom is -0.387 e. The molecule has 3 fully saturated rings. The van der Waals surface area contributed by atoms with E-state index in [1.807, 2.05) is 0 Å². The highest BCUT2D eigenvalue weighted by Gasteiger charge is 2.49. The van der Waals surface area contributed by atoms with E-state index in [9.17, 15) is 20.1 Å². The summed E-state index contributed by atoms with van der Waals surface area (Å²) >= 11 is 0. The Hall–Kier alpha value is -2.78. The Morgan fingerprint density at radius 2 is 2.19 bits per heavy atom. The number of nitrogen functional groups attached to an aromatic ring is 1. The Balaban J connectivity index is 1.47. The first kappa shape index (κ1) is 21.1. The molecule has 11 heteroatoms. The van der Waals surface area contributed by atoms with Gasteiger partial charge in [0, 0.05) is 6.54 Å². The van der Waals surface area contributed by atoms with Crippen molar-refractivity contribution >= 4 is 22.9 Å². The van der Waals surface area contributed by atoms with E-state index in [4.69, 9.17) is 10.5 Å². The van der Waals surface area contributed by atoms with Gasteiger partial charge in [0.1, 0.15) is 23.3 Å². The number of aliphatic hydroxyl groups is 3. The molecule has 2 bridgehead atoms. The number of ether oxygens (including phenoxy) is 1. The molecule has 7 atom stereocenters. The number of carbonyl (C=O) groups excluding carboxylic acids is 1. The standard InChI is InChI=1S/C21H26N6O5/c1-2-23-19(30)16-14(28)15(29)20(32-16)27-9-24-13-17(22)25-12(26-18(13)27)5-6-21(31)8-10-3-4-11(21)7-10/h9-11,14-16,20,28-29,31H,2-4,7-8H2,1H3,(H,23,30)(H2,22,25,26)/t10?,11?,14-,15+,16-,20+,21-/m0/s1. The van der Waals surface area contributed by atoms with Crippen molar-refractivity contribution in [1.82, 2.24) is 24.8 Å². The first-order valence-electron chi connectivity index (χ1n) is 10.9. The van der Waals surface area contributed by atoms with E-state index in [2.05, 4.69) is 32.1 Å². The number of aromatic nitrogens is 4. The molecule has 6 N–H and O–H groups in total. The van der Waals surface area contributed by atoms with Crippen LogP contribution in [0.3, 0.4) is 0 Å². The second-order valence-electron chi connectivity index (χ2n) is 8.83. The van der Waals surface area contributed by atoms with Gasteiger partial charge in [-0.05, 0) is 50.4 Å². The highest BCUT2D eigenvalue weighted by molar-refractivity contribution is 5.83. The van der Waals surface area contributed by atoms with Crippen molar-refractivity contribution in [3.8, 4) is 11.8 Å². The van der Waals surface area contributed by atoms with Crippen molar-refractivity contribution in [2.75, 3.05) is 12.3 Å². The molecular formula is C21H26N6O5. The van der Waals surface area contributed by atoms with Crippen molar-refractivity contribution in [3.05, 3.63) is 12.2 Å². The average Bonchev–Trinajstić information content (AvgIpc) is 3.51. The zero-order valence-electron chi connectivity index (χ0n) is 17.6. The normalized spacial score (nSPS) is 35.8. The highest BCUT2D eigenvalue weighted by Crippen LogP contribution is 2.50. The van der Waals surface area contributed by atoms with Gasteiger partial charge in [0.05, 0.1) is 6.33 Å². The fourth-order valence-electron chi connectivity index (χ4n) is 5.18. The molecule has 1 saturated heterocycles. The van der Waals surface area contributed by atoms with Crippen LogP contribution in [0.15, 0.2) is 6.33 Å². The number of anilines is 1. The third-order valence-corrected chi connectivity index (χ3v) is 6.78. The van der Waals surface area contributed by atoms with Crippen LogP contribution in [0.1, 0.15) is 44.7 Å². The first-order valence-corrected chi connectivity index (χ1v) is 10.9. The summed E-state index contributed by atoms with van der Waals surface area (Å²) in [5.41, 5.74) is 5.54. The lowest BCUT2D eigenvalue weighted by Gasteiger charge is -2.26. The maximum absolute atomic E-state index is 12.2. The quantitative estimate of drug-likeness (QED) is 0.377. The Morgan fingerprint density at radius 1 is 1.38 bits per heavy atom. The molecule has 11 nitrogen and oxygen atoms in total. The number of hydrogen-bond donors (Lipinski definition) is 5. The van der Waals surface area contributed by atoms with Crippen molar-refractivity contribution in [3.63, 3.8) is 0 Å². The molecule has 0 aromatic carbocycles. The third-order valence-electron chi connectivity index (χ3n) is 6.78.